The molecule has 2 saturated heterocycles. The van der Waals surface area contributed by atoms with Crippen molar-refractivity contribution in [2.75, 3.05) is 39.3 Å². The topological polar surface area (TPSA) is 101 Å². The first-order valence-corrected chi connectivity index (χ1v) is 8.86. The Kier molecular flexibility index (Phi) is 5.85. The van der Waals surface area contributed by atoms with Crippen molar-refractivity contribution >= 4 is 12.0 Å². The summed E-state index contributed by atoms with van der Waals surface area (Å²) in [5.74, 6) is 1.75. The van der Waals surface area contributed by atoms with E-state index in [9.17, 15) is 9.59 Å². The molecule has 0 spiro atoms. The SMILES string of the molecule is CCc1nc(CN2CCC(CNC(=O)CN3CCOC3=O)CC2)no1. The summed E-state index contributed by atoms with van der Waals surface area (Å²) in [5, 5.41) is 6.92. The molecule has 9 heteroatoms. The highest BCUT2D eigenvalue weighted by Crippen LogP contribution is 2.18. The zero-order valence-electron chi connectivity index (χ0n) is 14.6. The van der Waals surface area contributed by atoms with Crippen LogP contribution in [0.2, 0.25) is 0 Å². The molecule has 0 aliphatic carbocycles. The van der Waals surface area contributed by atoms with Crippen LogP contribution in [0.5, 0.6) is 0 Å². The van der Waals surface area contributed by atoms with Crippen LogP contribution in [0.4, 0.5) is 4.79 Å². The molecule has 0 bridgehead atoms. The van der Waals surface area contributed by atoms with Crippen LogP contribution in [0.3, 0.4) is 0 Å². The number of likely N-dealkylation sites (tertiary alicyclic amines) is 1. The van der Waals surface area contributed by atoms with Gasteiger partial charge in [-0.15, -0.1) is 0 Å². The monoisotopic (exact) mass is 351 g/mol. The lowest BCUT2D eigenvalue weighted by molar-refractivity contribution is -0.121. The Morgan fingerprint density at radius 3 is 2.76 bits per heavy atom. The number of piperidine rings is 1. The van der Waals surface area contributed by atoms with E-state index < -0.39 is 6.09 Å². The van der Waals surface area contributed by atoms with Crippen LogP contribution < -0.4 is 5.32 Å². The Bertz CT molecular complexity index is 597. The summed E-state index contributed by atoms with van der Waals surface area (Å²) < 4.78 is 9.95. The highest BCUT2D eigenvalue weighted by Gasteiger charge is 2.25. The number of carbonyl (C=O) groups excluding carboxylic acids is 2. The molecule has 9 nitrogen and oxygen atoms in total. The number of carbonyl (C=O) groups is 2. The number of hydrogen-bond acceptors (Lipinski definition) is 7. The number of cyclic esters (lactones) is 1. The molecule has 25 heavy (non-hydrogen) atoms. The normalized spacial score (nSPS) is 19.2. The number of hydrogen-bond donors (Lipinski definition) is 1. The van der Waals surface area contributed by atoms with Crippen LogP contribution in [-0.4, -0.2) is 71.3 Å². The predicted octanol–water partition coefficient (Wildman–Crippen LogP) is 0.412. The largest absolute Gasteiger partial charge is 0.448 e. The van der Waals surface area contributed by atoms with Gasteiger partial charge >= 0.3 is 6.09 Å². The molecule has 0 unspecified atom stereocenters. The van der Waals surface area contributed by atoms with E-state index in [-0.39, 0.29) is 12.5 Å². The third-order valence-corrected chi connectivity index (χ3v) is 4.65. The van der Waals surface area contributed by atoms with E-state index in [1.54, 1.807) is 0 Å². The molecular weight excluding hydrogens is 326 g/mol. The van der Waals surface area contributed by atoms with Crippen LogP contribution in [0.25, 0.3) is 0 Å². The Hall–Kier alpha value is -2.16. The van der Waals surface area contributed by atoms with Gasteiger partial charge in [-0.3, -0.25) is 14.6 Å². The standard InChI is InChI=1S/C16H25N5O4/c1-2-15-18-13(19-25-15)10-20-5-3-12(4-6-20)9-17-14(22)11-21-7-8-24-16(21)23/h12H,2-11H2,1H3,(H,17,22). The minimum atomic E-state index is -0.406. The molecule has 138 valence electrons. The van der Waals surface area contributed by atoms with Crippen molar-refractivity contribution < 1.29 is 18.8 Å². The Balaban J connectivity index is 1.33. The lowest BCUT2D eigenvalue weighted by Gasteiger charge is -2.31. The minimum Gasteiger partial charge on any atom is -0.448 e. The number of rotatable bonds is 7. The van der Waals surface area contributed by atoms with E-state index in [2.05, 4.69) is 20.4 Å². The molecule has 2 aliphatic rings. The van der Waals surface area contributed by atoms with Gasteiger partial charge in [-0.2, -0.15) is 4.98 Å². The first-order valence-electron chi connectivity index (χ1n) is 8.86. The first-order chi connectivity index (χ1) is 12.1. The third-order valence-electron chi connectivity index (χ3n) is 4.65. The molecule has 1 N–H and O–H groups in total. The zero-order chi connectivity index (χ0) is 17.6. The molecule has 0 radical (unpaired) electrons. The lowest BCUT2D eigenvalue weighted by atomic mass is 9.97. The number of nitrogens with one attached hydrogen (secondary N) is 1. The van der Waals surface area contributed by atoms with Crippen molar-refractivity contribution in [3.63, 3.8) is 0 Å². The van der Waals surface area contributed by atoms with Crippen molar-refractivity contribution in [2.45, 2.75) is 32.7 Å². The average molecular weight is 351 g/mol. The van der Waals surface area contributed by atoms with E-state index in [1.807, 2.05) is 6.92 Å². The Morgan fingerprint density at radius 1 is 1.32 bits per heavy atom. The molecule has 3 rings (SSSR count). The number of aryl methyl sites for hydroxylation is 1. The minimum absolute atomic E-state index is 0.0786. The summed E-state index contributed by atoms with van der Waals surface area (Å²) in [5.41, 5.74) is 0. The molecule has 0 saturated carbocycles. The smallest absolute Gasteiger partial charge is 0.410 e. The van der Waals surface area contributed by atoms with Gasteiger partial charge in [0.2, 0.25) is 11.8 Å². The van der Waals surface area contributed by atoms with Crippen LogP contribution in [0, 0.1) is 5.92 Å². The van der Waals surface area contributed by atoms with Crippen molar-refractivity contribution in [1.82, 2.24) is 25.3 Å². The summed E-state index contributed by atoms with van der Waals surface area (Å²) in [6, 6.07) is 0. The number of aromatic nitrogens is 2. The second-order valence-corrected chi connectivity index (χ2v) is 6.52. The molecule has 3 heterocycles. The van der Waals surface area contributed by atoms with E-state index in [4.69, 9.17) is 9.26 Å². The fourth-order valence-corrected chi connectivity index (χ4v) is 3.10. The third kappa shape index (κ3) is 4.91. The zero-order valence-corrected chi connectivity index (χ0v) is 14.6. The fraction of sp³-hybridized carbons (Fsp3) is 0.750. The van der Waals surface area contributed by atoms with Gasteiger partial charge in [0.15, 0.2) is 5.82 Å². The van der Waals surface area contributed by atoms with Gasteiger partial charge < -0.3 is 14.6 Å². The molecule has 1 aromatic heterocycles. The van der Waals surface area contributed by atoms with Crippen molar-refractivity contribution in [1.29, 1.82) is 0 Å². The van der Waals surface area contributed by atoms with Gasteiger partial charge in [0.05, 0.1) is 13.1 Å². The average Bonchev–Trinajstić information content (AvgIpc) is 3.23. The Labute approximate surface area is 146 Å². The second-order valence-electron chi connectivity index (χ2n) is 6.52. The summed E-state index contributed by atoms with van der Waals surface area (Å²) in [7, 11) is 0. The van der Waals surface area contributed by atoms with Gasteiger partial charge in [0, 0.05) is 13.0 Å². The van der Waals surface area contributed by atoms with Crippen LogP contribution in [-0.2, 0) is 22.5 Å². The van der Waals surface area contributed by atoms with Gasteiger partial charge in [-0.1, -0.05) is 12.1 Å². The molecule has 2 amide bonds. The Morgan fingerprint density at radius 2 is 2.12 bits per heavy atom. The van der Waals surface area contributed by atoms with Gasteiger partial charge in [-0.05, 0) is 31.8 Å². The summed E-state index contributed by atoms with van der Waals surface area (Å²) >= 11 is 0. The molecule has 0 aromatic carbocycles. The predicted molar refractivity (Wildman–Crippen MR) is 87.6 cm³/mol. The van der Waals surface area contributed by atoms with E-state index >= 15 is 0 Å². The lowest BCUT2D eigenvalue weighted by Crippen LogP contribution is -2.42. The number of amides is 2. The molecule has 2 fully saturated rings. The maximum atomic E-state index is 11.9. The van der Waals surface area contributed by atoms with Crippen LogP contribution in [0.1, 0.15) is 31.5 Å². The summed E-state index contributed by atoms with van der Waals surface area (Å²) in [6.07, 6.45) is 2.38. The van der Waals surface area contributed by atoms with Crippen LogP contribution >= 0.6 is 0 Å². The van der Waals surface area contributed by atoms with Crippen molar-refractivity contribution in [3.05, 3.63) is 11.7 Å². The fourth-order valence-electron chi connectivity index (χ4n) is 3.10. The van der Waals surface area contributed by atoms with Crippen LogP contribution in [0.15, 0.2) is 4.52 Å². The van der Waals surface area contributed by atoms with Gasteiger partial charge in [-0.25, -0.2) is 4.79 Å². The van der Waals surface area contributed by atoms with E-state index in [0.717, 1.165) is 38.2 Å². The highest BCUT2D eigenvalue weighted by atomic mass is 16.6. The number of nitrogens with zero attached hydrogens (tertiary/aromatic N) is 4. The van der Waals surface area contributed by atoms with Gasteiger partial charge in [0.25, 0.3) is 0 Å². The van der Waals surface area contributed by atoms with Crippen molar-refractivity contribution in [3.8, 4) is 0 Å². The first kappa shape index (κ1) is 17.7. The summed E-state index contributed by atoms with van der Waals surface area (Å²) in [4.78, 5) is 31.3. The highest BCUT2D eigenvalue weighted by molar-refractivity contribution is 5.82. The van der Waals surface area contributed by atoms with Gasteiger partial charge in [0.1, 0.15) is 13.2 Å². The van der Waals surface area contributed by atoms with E-state index in [1.165, 1.54) is 4.90 Å². The maximum Gasteiger partial charge on any atom is 0.410 e. The van der Waals surface area contributed by atoms with E-state index in [0.29, 0.717) is 38.0 Å². The second kappa shape index (κ2) is 8.28. The quantitative estimate of drug-likeness (QED) is 0.759. The van der Waals surface area contributed by atoms with Crippen molar-refractivity contribution in [2.24, 2.45) is 5.92 Å². The summed E-state index contributed by atoms with van der Waals surface area (Å²) in [6.45, 7) is 6.19. The molecule has 1 aromatic rings. The molecule has 0 atom stereocenters. The maximum absolute atomic E-state index is 11.9. The number of ether oxygens (including phenoxy) is 1. The molecular formula is C16H25N5O4. The molecule has 2 aliphatic heterocycles.